The molecule has 0 saturated carbocycles. The molecule has 1 saturated heterocycles. The van der Waals surface area contributed by atoms with Crippen molar-refractivity contribution in [1.82, 2.24) is 19.3 Å². The van der Waals surface area contributed by atoms with Crippen molar-refractivity contribution in [2.24, 2.45) is 0 Å². The number of nitrogens with zero attached hydrogens (tertiary/aromatic N) is 4. The molecule has 3 aromatic rings. The van der Waals surface area contributed by atoms with Gasteiger partial charge in [-0.15, -0.1) is 0 Å². The molecule has 1 aliphatic rings. The third-order valence-corrected chi connectivity index (χ3v) is 4.19. The lowest BCUT2D eigenvalue weighted by Crippen LogP contribution is -2.33. The lowest BCUT2D eigenvalue weighted by Gasteiger charge is -2.15. The van der Waals surface area contributed by atoms with Crippen LogP contribution in [0.5, 0.6) is 0 Å². The van der Waals surface area contributed by atoms with Gasteiger partial charge in [-0.25, -0.2) is 22.9 Å². The molecule has 6 nitrogen and oxygen atoms in total. The Kier molecular flexibility index (Phi) is 3.98. The standard InChI is InChI=1S/C17H14F3N5O/c18-11-3-5-25(8-11)17(26)23-15-4-6-24-9-14(21-16(24)22-15)10-1-2-12(19)13(20)7-10/h1-2,4,6-7,9,11H,3,5,8H2,(H,21,22,23,26)/t11-/m0/s1. The number of amides is 2. The third kappa shape index (κ3) is 3.07. The Balaban J connectivity index is 1.57. The summed E-state index contributed by atoms with van der Waals surface area (Å²) in [6.45, 7) is 0.427. The van der Waals surface area contributed by atoms with Gasteiger partial charge < -0.3 is 4.90 Å². The van der Waals surface area contributed by atoms with Crippen LogP contribution in [0.15, 0.2) is 36.7 Å². The van der Waals surface area contributed by atoms with Crippen molar-refractivity contribution in [2.75, 3.05) is 18.4 Å². The van der Waals surface area contributed by atoms with Crippen LogP contribution in [0.1, 0.15) is 6.42 Å². The van der Waals surface area contributed by atoms with E-state index in [1.807, 2.05) is 0 Å². The second kappa shape index (κ2) is 6.32. The summed E-state index contributed by atoms with van der Waals surface area (Å²) in [6, 6.07) is 4.66. The zero-order valence-electron chi connectivity index (χ0n) is 13.5. The average Bonchev–Trinajstić information content (AvgIpc) is 3.23. The molecule has 2 aromatic heterocycles. The van der Waals surface area contributed by atoms with Crippen LogP contribution in [0.4, 0.5) is 23.8 Å². The van der Waals surface area contributed by atoms with Gasteiger partial charge in [0.2, 0.25) is 5.78 Å². The molecule has 4 rings (SSSR count). The van der Waals surface area contributed by atoms with E-state index in [1.165, 1.54) is 11.0 Å². The van der Waals surface area contributed by atoms with E-state index in [-0.39, 0.29) is 18.1 Å². The van der Waals surface area contributed by atoms with Crippen molar-refractivity contribution in [3.8, 4) is 11.3 Å². The van der Waals surface area contributed by atoms with Crippen LogP contribution in [0.3, 0.4) is 0 Å². The first kappa shape index (κ1) is 16.4. The van der Waals surface area contributed by atoms with Gasteiger partial charge in [0.1, 0.15) is 12.0 Å². The maximum absolute atomic E-state index is 13.4. The van der Waals surface area contributed by atoms with Crippen LogP contribution in [0.25, 0.3) is 17.0 Å². The molecule has 134 valence electrons. The fourth-order valence-electron chi connectivity index (χ4n) is 2.83. The number of anilines is 1. The molecule has 1 fully saturated rings. The minimum absolute atomic E-state index is 0.0672. The number of nitrogens with one attached hydrogen (secondary N) is 1. The molecule has 1 N–H and O–H groups in total. The van der Waals surface area contributed by atoms with Crippen molar-refractivity contribution >= 4 is 17.6 Å². The fourth-order valence-corrected chi connectivity index (χ4v) is 2.83. The van der Waals surface area contributed by atoms with Gasteiger partial charge in [-0.3, -0.25) is 9.72 Å². The van der Waals surface area contributed by atoms with Gasteiger partial charge in [-0.05, 0) is 30.7 Å². The minimum Gasteiger partial charge on any atom is -0.321 e. The summed E-state index contributed by atoms with van der Waals surface area (Å²) in [5, 5.41) is 2.61. The Bertz CT molecular complexity index is 990. The lowest BCUT2D eigenvalue weighted by atomic mass is 10.1. The van der Waals surface area contributed by atoms with Crippen LogP contribution in [-0.2, 0) is 0 Å². The Morgan fingerprint density at radius 1 is 1.19 bits per heavy atom. The van der Waals surface area contributed by atoms with E-state index in [9.17, 15) is 18.0 Å². The van der Waals surface area contributed by atoms with E-state index >= 15 is 0 Å². The first-order valence-corrected chi connectivity index (χ1v) is 8.01. The molecule has 26 heavy (non-hydrogen) atoms. The Hall–Kier alpha value is -3.10. The number of carbonyl (C=O) groups is 1. The highest BCUT2D eigenvalue weighted by Gasteiger charge is 2.26. The molecular formula is C17H14F3N5O. The van der Waals surface area contributed by atoms with Crippen molar-refractivity contribution in [3.63, 3.8) is 0 Å². The van der Waals surface area contributed by atoms with Crippen LogP contribution in [-0.4, -0.2) is 44.6 Å². The highest BCUT2D eigenvalue weighted by molar-refractivity contribution is 5.88. The first-order chi connectivity index (χ1) is 12.5. The largest absolute Gasteiger partial charge is 0.323 e. The molecule has 0 aliphatic carbocycles. The fraction of sp³-hybridized carbons (Fsp3) is 0.235. The van der Waals surface area contributed by atoms with Crippen molar-refractivity contribution < 1.29 is 18.0 Å². The van der Waals surface area contributed by atoms with Crippen LogP contribution in [0.2, 0.25) is 0 Å². The van der Waals surface area contributed by atoms with Crippen molar-refractivity contribution in [3.05, 3.63) is 48.3 Å². The van der Waals surface area contributed by atoms with E-state index < -0.39 is 23.8 Å². The summed E-state index contributed by atoms with van der Waals surface area (Å²) in [5.41, 5.74) is 0.825. The highest BCUT2D eigenvalue weighted by atomic mass is 19.2. The van der Waals surface area contributed by atoms with E-state index in [1.54, 1.807) is 22.9 Å². The van der Waals surface area contributed by atoms with E-state index in [0.29, 0.717) is 24.2 Å². The summed E-state index contributed by atoms with van der Waals surface area (Å²) in [6.07, 6.45) is 2.59. The molecule has 3 heterocycles. The van der Waals surface area contributed by atoms with Gasteiger partial charge in [-0.1, -0.05) is 0 Å². The van der Waals surface area contributed by atoms with Gasteiger partial charge in [0.15, 0.2) is 11.6 Å². The zero-order valence-corrected chi connectivity index (χ0v) is 13.5. The summed E-state index contributed by atoms with van der Waals surface area (Å²) in [4.78, 5) is 22.0. The molecule has 1 aliphatic heterocycles. The molecule has 0 bridgehead atoms. The van der Waals surface area contributed by atoms with Gasteiger partial charge in [0.25, 0.3) is 0 Å². The summed E-state index contributed by atoms with van der Waals surface area (Å²) < 4.78 is 41.3. The number of hydrogen-bond acceptors (Lipinski definition) is 3. The van der Waals surface area contributed by atoms with Gasteiger partial charge >= 0.3 is 6.03 Å². The van der Waals surface area contributed by atoms with Crippen LogP contribution < -0.4 is 5.32 Å². The normalized spacial score (nSPS) is 17.0. The summed E-state index contributed by atoms with van der Waals surface area (Å²) in [7, 11) is 0. The number of alkyl halides is 1. The number of halogens is 3. The number of hydrogen-bond donors (Lipinski definition) is 1. The molecule has 2 amide bonds. The lowest BCUT2D eigenvalue weighted by molar-refractivity contribution is 0.217. The highest BCUT2D eigenvalue weighted by Crippen LogP contribution is 2.21. The predicted octanol–water partition coefficient (Wildman–Crippen LogP) is 3.25. The topological polar surface area (TPSA) is 62.5 Å². The Morgan fingerprint density at radius 2 is 2.04 bits per heavy atom. The predicted molar refractivity (Wildman–Crippen MR) is 88.4 cm³/mol. The summed E-state index contributed by atoms with van der Waals surface area (Å²) >= 11 is 0. The van der Waals surface area contributed by atoms with E-state index in [0.717, 1.165) is 12.1 Å². The Labute approximate surface area is 146 Å². The quantitative estimate of drug-likeness (QED) is 0.762. The Morgan fingerprint density at radius 3 is 2.77 bits per heavy atom. The molecule has 9 heteroatoms. The minimum atomic E-state index is -0.998. The number of fused-ring (bicyclic) bond motifs is 1. The van der Waals surface area contributed by atoms with Crippen molar-refractivity contribution in [2.45, 2.75) is 12.6 Å². The second-order valence-corrected chi connectivity index (χ2v) is 6.04. The van der Waals surface area contributed by atoms with Gasteiger partial charge in [0.05, 0.1) is 12.2 Å². The number of imidazole rings is 1. The van der Waals surface area contributed by atoms with E-state index in [2.05, 4.69) is 15.3 Å². The molecule has 0 spiro atoms. The monoisotopic (exact) mass is 361 g/mol. The van der Waals surface area contributed by atoms with Crippen LogP contribution >= 0.6 is 0 Å². The number of likely N-dealkylation sites (tertiary alicyclic amines) is 1. The molecule has 0 unspecified atom stereocenters. The maximum Gasteiger partial charge on any atom is 0.323 e. The molecule has 1 aromatic carbocycles. The maximum atomic E-state index is 13.4. The van der Waals surface area contributed by atoms with E-state index in [4.69, 9.17) is 0 Å². The number of benzene rings is 1. The second-order valence-electron chi connectivity index (χ2n) is 6.04. The number of carbonyl (C=O) groups excluding carboxylic acids is 1. The van der Waals surface area contributed by atoms with Crippen LogP contribution in [0, 0.1) is 11.6 Å². The molecule has 1 atom stereocenters. The number of rotatable bonds is 2. The molecule has 0 radical (unpaired) electrons. The molecular weight excluding hydrogens is 347 g/mol. The van der Waals surface area contributed by atoms with Gasteiger partial charge in [0, 0.05) is 24.5 Å². The zero-order chi connectivity index (χ0) is 18.3. The SMILES string of the molecule is O=C(Nc1ccn2cc(-c3ccc(F)c(F)c3)nc2n1)N1CC[C@H](F)C1. The average molecular weight is 361 g/mol. The van der Waals surface area contributed by atoms with Crippen molar-refractivity contribution in [1.29, 1.82) is 0 Å². The first-order valence-electron chi connectivity index (χ1n) is 8.01. The number of urea groups is 1. The summed E-state index contributed by atoms with van der Waals surface area (Å²) in [5.74, 6) is -1.34. The smallest absolute Gasteiger partial charge is 0.321 e. The van der Waals surface area contributed by atoms with Gasteiger partial charge in [-0.2, -0.15) is 4.98 Å². The number of aromatic nitrogens is 3. The third-order valence-electron chi connectivity index (χ3n) is 4.19.